The summed E-state index contributed by atoms with van der Waals surface area (Å²) in [5.41, 5.74) is 1.04. The monoisotopic (exact) mass is 490 g/mol. The van der Waals surface area contributed by atoms with Crippen molar-refractivity contribution < 1.29 is 9.47 Å². The average Bonchev–Trinajstić information content (AvgIpc) is 3.16. The number of nitrogens with one attached hydrogen (secondary N) is 2. The predicted molar refractivity (Wildman–Crippen MR) is 121 cm³/mol. The first-order valence-corrected chi connectivity index (χ1v) is 10.0. The van der Waals surface area contributed by atoms with Crippen LogP contribution in [-0.4, -0.2) is 43.4 Å². The van der Waals surface area contributed by atoms with E-state index in [1.165, 1.54) is 12.8 Å². The minimum absolute atomic E-state index is 0. The molecule has 0 aliphatic heterocycles. The molecule has 0 saturated heterocycles. The fourth-order valence-corrected chi connectivity index (χ4v) is 3.00. The molecule has 27 heavy (non-hydrogen) atoms. The zero-order chi connectivity index (χ0) is 18.5. The number of hydrogen-bond donors (Lipinski definition) is 2. The van der Waals surface area contributed by atoms with Crippen molar-refractivity contribution in [1.29, 1.82) is 0 Å². The highest BCUT2D eigenvalue weighted by Gasteiger charge is 2.18. The summed E-state index contributed by atoms with van der Waals surface area (Å²) in [5, 5.41) is 6.68. The van der Waals surface area contributed by atoms with E-state index in [0.717, 1.165) is 69.4 Å². The van der Waals surface area contributed by atoms with Crippen LogP contribution in [0.25, 0.3) is 0 Å². The molecule has 6 nitrogen and oxygen atoms in total. The van der Waals surface area contributed by atoms with Crippen LogP contribution in [0.2, 0.25) is 0 Å². The second-order valence-corrected chi connectivity index (χ2v) is 6.52. The standard InChI is InChI=1S/C20H34N4O2.HI/c1-3-21-20(23-13-7-8-15-25-4-2)24-16-17-10-9-14-22-19(17)26-18-11-5-6-12-18;/h9-10,14,18H,3-8,11-13,15-16H2,1-2H3,(H2,21,23,24);1H. The quantitative estimate of drug-likeness (QED) is 0.213. The maximum Gasteiger partial charge on any atom is 0.218 e. The number of hydrogen-bond acceptors (Lipinski definition) is 4. The number of rotatable bonds is 11. The molecule has 1 aromatic heterocycles. The van der Waals surface area contributed by atoms with E-state index >= 15 is 0 Å². The van der Waals surface area contributed by atoms with Gasteiger partial charge in [0.05, 0.1) is 6.54 Å². The Balaban J connectivity index is 0.00000364. The average molecular weight is 490 g/mol. The number of halogens is 1. The Kier molecular flexibility index (Phi) is 13.2. The molecule has 2 rings (SSSR count). The molecular weight excluding hydrogens is 455 g/mol. The molecule has 2 N–H and O–H groups in total. The van der Waals surface area contributed by atoms with E-state index in [1.807, 2.05) is 19.1 Å². The highest BCUT2D eigenvalue weighted by atomic mass is 127. The zero-order valence-corrected chi connectivity index (χ0v) is 19.0. The maximum atomic E-state index is 6.10. The number of pyridine rings is 1. The molecule has 0 atom stereocenters. The normalized spacial score (nSPS) is 14.7. The van der Waals surface area contributed by atoms with Crippen molar-refractivity contribution in [1.82, 2.24) is 15.6 Å². The van der Waals surface area contributed by atoms with Gasteiger partial charge < -0.3 is 20.1 Å². The number of nitrogens with zero attached hydrogens (tertiary/aromatic N) is 2. The molecule has 0 unspecified atom stereocenters. The number of aliphatic imine (C=N–C) groups is 1. The van der Waals surface area contributed by atoms with Crippen LogP contribution in [0.15, 0.2) is 23.3 Å². The molecule has 0 amide bonds. The van der Waals surface area contributed by atoms with Crippen LogP contribution in [0.3, 0.4) is 0 Å². The minimum atomic E-state index is 0. The number of ether oxygens (including phenoxy) is 2. The molecule has 1 heterocycles. The van der Waals surface area contributed by atoms with Crippen LogP contribution >= 0.6 is 24.0 Å². The SMILES string of the molecule is CCNC(=NCc1cccnc1OC1CCCC1)NCCCCOCC.I. The van der Waals surface area contributed by atoms with E-state index in [-0.39, 0.29) is 24.0 Å². The molecule has 0 spiro atoms. The Bertz CT molecular complexity index is 536. The van der Waals surface area contributed by atoms with Crippen molar-refractivity contribution in [3.8, 4) is 5.88 Å². The van der Waals surface area contributed by atoms with Gasteiger partial charge in [-0.2, -0.15) is 0 Å². The van der Waals surface area contributed by atoms with Gasteiger partial charge in [-0.25, -0.2) is 9.98 Å². The molecule has 0 bridgehead atoms. The molecule has 0 aromatic carbocycles. The van der Waals surface area contributed by atoms with E-state index < -0.39 is 0 Å². The molecule has 1 aliphatic rings. The lowest BCUT2D eigenvalue weighted by atomic mass is 10.2. The first kappa shape index (κ1) is 23.9. The Hall–Kier alpha value is -1.09. The van der Waals surface area contributed by atoms with Crippen LogP contribution in [0.1, 0.15) is 57.9 Å². The van der Waals surface area contributed by atoms with Gasteiger partial charge in [-0.15, -0.1) is 24.0 Å². The van der Waals surface area contributed by atoms with Crippen molar-refractivity contribution in [2.24, 2.45) is 4.99 Å². The third-order valence-corrected chi connectivity index (χ3v) is 4.39. The van der Waals surface area contributed by atoms with E-state index in [4.69, 9.17) is 14.5 Å². The fraction of sp³-hybridized carbons (Fsp3) is 0.700. The van der Waals surface area contributed by atoms with Crippen molar-refractivity contribution in [2.45, 2.75) is 65.0 Å². The van der Waals surface area contributed by atoms with Crippen LogP contribution in [-0.2, 0) is 11.3 Å². The van der Waals surface area contributed by atoms with Crippen molar-refractivity contribution in [2.75, 3.05) is 26.3 Å². The lowest BCUT2D eigenvalue weighted by Crippen LogP contribution is -2.37. The van der Waals surface area contributed by atoms with E-state index in [9.17, 15) is 0 Å². The second-order valence-electron chi connectivity index (χ2n) is 6.52. The van der Waals surface area contributed by atoms with Crippen molar-refractivity contribution in [3.05, 3.63) is 23.9 Å². The van der Waals surface area contributed by atoms with Crippen LogP contribution in [0.4, 0.5) is 0 Å². The Morgan fingerprint density at radius 2 is 2.04 bits per heavy atom. The number of aromatic nitrogens is 1. The van der Waals surface area contributed by atoms with Crippen LogP contribution in [0.5, 0.6) is 5.88 Å². The topological polar surface area (TPSA) is 67.8 Å². The van der Waals surface area contributed by atoms with Crippen LogP contribution in [0, 0.1) is 0 Å². The Morgan fingerprint density at radius 1 is 1.22 bits per heavy atom. The maximum absolute atomic E-state index is 6.10. The van der Waals surface area contributed by atoms with Crippen LogP contribution < -0.4 is 15.4 Å². The fourth-order valence-electron chi connectivity index (χ4n) is 3.00. The van der Waals surface area contributed by atoms with Crippen molar-refractivity contribution in [3.63, 3.8) is 0 Å². The molecule has 0 radical (unpaired) electrons. The van der Waals surface area contributed by atoms with Gasteiger partial charge in [0, 0.05) is 38.1 Å². The third kappa shape index (κ3) is 9.60. The summed E-state index contributed by atoms with van der Waals surface area (Å²) in [6.07, 6.45) is 8.99. The van der Waals surface area contributed by atoms with Gasteiger partial charge in [0.15, 0.2) is 5.96 Å². The zero-order valence-electron chi connectivity index (χ0n) is 16.7. The van der Waals surface area contributed by atoms with Gasteiger partial charge in [0.25, 0.3) is 0 Å². The summed E-state index contributed by atoms with van der Waals surface area (Å²) in [4.78, 5) is 9.12. The smallest absolute Gasteiger partial charge is 0.218 e. The summed E-state index contributed by atoms with van der Waals surface area (Å²) in [6.45, 7) is 7.99. The highest BCUT2D eigenvalue weighted by Crippen LogP contribution is 2.25. The van der Waals surface area contributed by atoms with E-state index in [0.29, 0.717) is 12.6 Å². The van der Waals surface area contributed by atoms with Crippen molar-refractivity contribution >= 4 is 29.9 Å². The second kappa shape index (κ2) is 14.9. The minimum Gasteiger partial charge on any atom is -0.474 e. The van der Waals surface area contributed by atoms with Gasteiger partial charge in [0.2, 0.25) is 5.88 Å². The Morgan fingerprint density at radius 3 is 2.78 bits per heavy atom. The molecule has 1 aromatic rings. The molecule has 154 valence electrons. The van der Waals surface area contributed by atoms with E-state index in [2.05, 4.69) is 22.5 Å². The molecule has 7 heteroatoms. The first-order valence-electron chi connectivity index (χ1n) is 10.0. The predicted octanol–water partition coefficient (Wildman–Crippen LogP) is 3.89. The van der Waals surface area contributed by atoms with Gasteiger partial charge >= 0.3 is 0 Å². The summed E-state index contributed by atoms with van der Waals surface area (Å²) < 4.78 is 11.5. The largest absolute Gasteiger partial charge is 0.474 e. The third-order valence-electron chi connectivity index (χ3n) is 4.39. The number of guanidine groups is 1. The molecule has 1 fully saturated rings. The summed E-state index contributed by atoms with van der Waals surface area (Å²) in [5.74, 6) is 1.57. The Labute approximate surface area is 180 Å². The molecule has 1 aliphatic carbocycles. The summed E-state index contributed by atoms with van der Waals surface area (Å²) >= 11 is 0. The van der Waals surface area contributed by atoms with E-state index in [1.54, 1.807) is 6.20 Å². The number of unbranched alkanes of at least 4 members (excludes halogenated alkanes) is 1. The lowest BCUT2D eigenvalue weighted by molar-refractivity contribution is 0.143. The van der Waals surface area contributed by atoms with Gasteiger partial charge in [0.1, 0.15) is 6.10 Å². The summed E-state index contributed by atoms with van der Waals surface area (Å²) in [7, 11) is 0. The van der Waals surface area contributed by atoms with Gasteiger partial charge in [-0.3, -0.25) is 0 Å². The summed E-state index contributed by atoms with van der Waals surface area (Å²) in [6, 6.07) is 3.99. The first-order chi connectivity index (χ1) is 12.8. The molecule has 1 saturated carbocycles. The highest BCUT2D eigenvalue weighted by molar-refractivity contribution is 14.0. The van der Waals surface area contributed by atoms with Gasteiger partial charge in [-0.1, -0.05) is 6.07 Å². The van der Waals surface area contributed by atoms with Gasteiger partial charge in [-0.05, 0) is 58.4 Å². The lowest BCUT2D eigenvalue weighted by Gasteiger charge is -2.15. The molecular formula is C20H35IN4O2.